The molecule has 1 aromatic heterocycles. The molecule has 0 unspecified atom stereocenters. The molecule has 2 rings (SSSR count). The van der Waals surface area contributed by atoms with Crippen LogP contribution in [0.15, 0.2) is 42.6 Å². The van der Waals surface area contributed by atoms with Crippen LogP contribution in [-0.2, 0) is 9.53 Å². The molecule has 0 fully saturated rings. The SMILES string of the molecule is COc1ccccc1OCCNC(=O)COC(=O)c1cccnc1Cl. The number of ether oxygens (including phenoxy) is 3. The zero-order valence-electron chi connectivity index (χ0n) is 13.5. The number of carbonyl (C=O) groups is 2. The van der Waals surface area contributed by atoms with E-state index in [4.69, 9.17) is 25.8 Å². The van der Waals surface area contributed by atoms with Gasteiger partial charge in [0.25, 0.3) is 5.91 Å². The molecule has 0 saturated heterocycles. The number of nitrogens with one attached hydrogen (secondary N) is 1. The lowest BCUT2D eigenvalue weighted by Gasteiger charge is -2.11. The maximum Gasteiger partial charge on any atom is 0.341 e. The minimum absolute atomic E-state index is 0.0260. The number of aromatic nitrogens is 1. The quantitative estimate of drug-likeness (QED) is 0.438. The number of hydrogen-bond donors (Lipinski definition) is 1. The highest BCUT2D eigenvalue weighted by atomic mass is 35.5. The third-order valence-corrected chi connectivity index (χ3v) is 3.37. The van der Waals surface area contributed by atoms with E-state index >= 15 is 0 Å². The molecule has 0 aliphatic carbocycles. The van der Waals surface area contributed by atoms with Crippen molar-refractivity contribution >= 4 is 23.5 Å². The zero-order chi connectivity index (χ0) is 18.1. The van der Waals surface area contributed by atoms with Crippen LogP contribution in [0.4, 0.5) is 0 Å². The molecule has 1 amide bonds. The molecule has 1 N–H and O–H groups in total. The first kappa shape index (κ1) is 18.5. The number of nitrogens with zero attached hydrogens (tertiary/aromatic N) is 1. The van der Waals surface area contributed by atoms with Gasteiger partial charge < -0.3 is 19.5 Å². The molecular formula is C17H17ClN2O5. The lowest BCUT2D eigenvalue weighted by molar-refractivity contribution is -0.124. The van der Waals surface area contributed by atoms with Gasteiger partial charge in [0, 0.05) is 6.20 Å². The van der Waals surface area contributed by atoms with Crippen LogP contribution in [0.5, 0.6) is 11.5 Å². The number of amides is 1. The maximum absolute atomic E-state index is 11.8. The lowest BCUT2D eigenvalue weighted by atomic mass is 10.3. The Morgan fingerprint density at radius 1 is 1.16 bits per heavy atom. The molecule has 132 valence electrons. The van der Waals surface area contributed by atoms with Crippen LogP contribution in [0.25, 0.3) is 0 Å². The van der Waals surface area contributed by atoms with E-state index in [1.165, 1.54) is 12.3 Å². The molecule has 0 aliphatic rings. The summed E-state index contributed by atoms with van der Waals surface area (Å²) in [6, 6.07) is 10.2. The van der Waals surface area contributed by atoms with Crippen molar-refractivity contribution in [3.05, 3.63) is 53.3 Å². The maximum atomic E-state index is 11.8. The molecule has 25 heavy (non-hydrogen) atoms. The average Bonchev–Trinajstić information content (AvgIpc) is 2.64. The van der Waals surface area contributed by atoms with E-state index in [-0.39, 0.29) is 23.9 Å². The van der Waals surface area contributed by atoms with Gasteiger partial charge in [-0.15, -0.1) is 0 Å². The molecule has 8 heteroatoms. The van der Waals surface area contributed by atoms with Gasteiger partial charge in [0.15, 0.2) is 18.1 Å². The van der Waals surface area contributed by atoms with Crippen molar-refractivity contribution in [2.24, 2.45) is 0 Å². The van der Waals surface area contributed by atoms with Crippen LogP contribution < -0.4 is 14.8 Å². The third kappa shape index (κ3) is 5.65. The van der Waals surface area contributed by atoms with Gasteiger partial charge in [0.1, 0.15) is 11.8 Å². The summed E-state index contributed by atoms with van der Waals surface area (Å²) in [7, 11) is 1.55. The number of methoxy groups -OCH3 is 1. The van der Waals surface area contributed by atoms with Crippen LogP contribution in [0.2, 0.25) is 5.15 Å². The Kier molecular flexibility index (Phi) is 7.03. The summed E-state index contributed by atoms with van der Waals surface area (Å²) in [5.41, 5.74) is 0.108. The van der Waals surface area contributed by atoms with Crippen LogP contribution >= 0.6 is 11.6 Å². The third-order valence-electron chi connectivity index (χ3n) is 3.06. The number of rotatable bonds is 8. The van der Waals surface area contributed by atoms with Crippen LogP contribution in [0.3, 0.4) is 0 Å². The van der Waals surface area contributed by atoms with Gasteiger partial charge in [0.05, 0.1) is 19.2 Å². The molecule has 0 atom stereocenters. The molecule has 2 aromatic rings. The van der Waals surface area contributed by atoms with Gasteiger partial charge in [-0.3, -0.25) is 4.79 Å². The summed E-state index contributed by atoms with van der Waals surface area (Å²) in [6.07, 6.45) is 1.45. The lowest BCUT2D eigenvalue weighted by Crippen LogP contribution is -2.32. The summed E-state index contributed by atoms with van der Waals surface area (Å²) < 4.78 is 15.6. The summed E-state index contributed by atoms with van der Waals surface area (Å²) in [5, 5.41) is 2.61. The van der Waals surface area contributed by atoms with E-state index in [2.05, 4.69) is 10.3 Å². The van der Waals surface area contributed by atoms with Crippen LogP contribution in [0, 0.1) is 0 Å². The standard InChI is InChI=1S/C17H17ClN2O5/c1-23-13-6-2-3-7-14(13)24-10-9-19-15(21)11-25-17(22)12-5-4-8-20-16(12)18/h2-8H,9-11H2,1H3,(H,19,21). The second-order valence-electron chi connectivity index (χ2n) is 4.77. The van der Waals surface area contributed by atoms with E-state index in [1.54, 1.807) is 25.3 Å². The Balaban J connectivity index is 1.69. The average molecular weight is 365 g/mol. The van der Waals surface area contributed by atoms with Crippen LogP contribution in [-0.4, -0.2) is 43.7 Å². The monoisotopic (exact) mass is 364 g/mol. The molecule has 1 heterocycles. The van der Waals surface area contributed by atoms with E-state index < -0.39 is 18.5 Å². The molecule has 0 radical (unpaired) electrons. The summed E-state index contributed by atoms with van der Waals surface area (Å²) in [6.45, 7) is 0.0787. The highest BCUT2D eigenvalue weighted by Gasteiger charge is 2.13. The summed E-state index contributed by atoms with van der Waals surface area (Å²) in [5.74, 6) is 0.0310. The van der Waals surface area contributed by atoms with Crippen molar-refractivity contribution in [1.29, 1.82) is 0 Å². The summed E-state index contributed by atoms with van der Waals surface area (Å²) >= 11 is 5.78. The van der Waals surface area contributed by atoms with Crippen molar-refractivity contribution in [3.8, 4) is 11.5 Å². The Morgan fingerprint density at radius 2 is 1.92 bits per heavy atom. The smallest absolute Gasteiger partial charge is 0.341 e. The predicted octanol–water partition coefficient (Wildman–Crippen LogP) is 2.10. The fourth-order valence-electron chi connectivity index (χ4n) is 1.89. The van der Waals surface area contributed by atoms with Gasteiger partial charge in [0.2, 0.25) is 0 Å². The first-order valence-corrected chi connectivity index (χ1v) is 7.79. The number of pyridine rings is 1. The first-order valence-electron chi connectivity index (χ1n) is 7.42. The topological polar surface area (TPSA) is 86.8 Å². The number of esters is 1. The Hall–Kier alpha value is -2.80. The number of hydrogen-bond acceptors (Lipinski definition) is 6. The van der Waals surface area contributed by atoms with Crippen molar-refractivity contribution in [2.45, 2.75) is 0 Å². The van der Waals surface area contributed by atoms with Crippen molar-refractivity contribution in [2.75, 3.05) is 26.9 Å². The number of para-hydroxylation sites is 2. The van der Waals surface area contributed by atoms with E-state index in [0.717, 1.165) is 0 Å². The van der Waals surface area contributed by atoms with Gasteiger partial charge in [-0.05, 0) is 24.3 Å². The van der Waals surface area contributed by atoms with Crippen LogP contribution in [0.1, 0.15) is 10.4 Å². The molecule has 0 spiro atoms. The van der Waals surface area contributed by atoms with Crippen molar-refractivity contribution in [3.63, 3.8) is 0 Å². The minimum Gasteiger partial charge on any atom is -0.493 e. The Morgan fingerprint density at radius 3 is 2.64 bits per heavy atom. The van der Waals surface area contributed by atoms with Crippen molar-refractivity contribution in [1.82, 2.24) is 10.3 Å². The van der Waals surface area contributed by atoms with E-state index in [0.29, 0.717) is 11.5 Å². The predicted molar refractivity (Wildman–Crippen MR) is 91.0 cm³/mol. The molecule has 0 saturated carbocycles. The largest absolute Gasteiger partial charge is 0.493 e. The molecule has 7 nitrogen and oxygen atoms in total. The fraction of sp³-hybridized carbons (Fsp3) is 0.235. The highest BCUT2D eigenvalue weighted by Crippen LogP contribution is 2.25. The molecule has 1 aromatic carbocycles. The number of carbonyl (C=O) groups excluding carboxylic acids is 2. The Bertz CT molecular complexity index is 738. The number of benzene rings is 1. The number of halogens is 1. The fourth-order valence-corrected chi connectivity index (χ4v) is 2.08. The first-order chi connectivity index (χ1) is 12.1. The second-order valence-corrected chi connectivity index (χ2v) is 5.13. The molecule has 0 bridgehead atoms. The molecular weight excluding hydrogens is 348 g/mol. The molecule has 0 aliphatic heterocycles. The van der Waals surface area contributed by atoms with Crippen molar-refractivity contribution < 1.29 is 23.8 Å². The van der Waals surface area contributed by atoms with Gasteiger partial charge in [-0.2, -0.15) is 0 Å². The Labute approximate surface area is 149 Å². The van der Waals surface area contributed by atoms with E-state index in [1.807, 2.05) is 12.1 Å². The van der Waals surface area contributed by atoms with E-state index in [9.17, 15) is 9.59 Å². The zero-order valence-corrected chi connectivity index (χ0v) is 14.3. The normalized spacial score (nSPS) is 10.0. The van der Waals surface area contributed by atoms with Gasteiger partial charge in [-0.25, -0.2) is 9.78 Å². The second kappa shape index (κ2) is 9.48. The van der Waals surface area contributed by atoms with Gasteiger partial charge >= 0.3 is 5.97 Å². The highest BCUT2D eigenvalue weighted by molar-refractivity contribution is 6.32. The summed E-state index contributed by atoms with van der Waals surface area (Å²) in [4.78, 5) is 27.2. The van der Waals surface area contributed by atoms with Gasteiger partial charge in [-0.1, -0.05) is 23.7 Å². The minimum atomic E-state index is -0.710.